The minimum absolute atomic E-state index is 0.351. The Morgan fingerprint density at radius 1 is 1.07 bits per heavy atom. The molecule has 0 amide bonds. The predicted octanol–water partition coefficient (Wildman–Crippen LogP) is 4.41. The van der Waals surface area contributed by atoms with Crippen molar-refractivity contribution in [1.82, 2.24) is 9.78 Å². The lowest BCUT2D eigenvalue weighted by molar-refractivity contribution is 0.577. The van der Waals surface area contributed by atoms with E-state index in [0.29, 0.717) is 17.4 Å². The van der Waals surface area contributed by atoms with Crippen molar-refractivity contribution in [2.24, 2.45) is 7.05 Å². The molecule has 2 heterocycles. The first-order valence-corrected chi connectivity index (χ1v) is 10.9. The van der Waals surface area contributed by atoms with Gasteiger partial charge < -0.3 is 0 Å². The maximum atomic E-state index is 13.7. The highest BCUT2D eigenvalue weighted by molar-refractivity contribution is 7.93. The molecular weight excluding hydrogens is 370 g/mol. The van der Waals surface area contributed by atoms with Gasteiger partial charge in [-0.2, -0.15) is 5.10 Å². The number of nitrogens with zero attached hydrogens (tertiary/aromatic N) is 3. The molecule has 2 aromatic carbocycles. The largest absolute Gasteiger partial charge is 0.275 e. The van der Waals surface area contributed by atoms with Gasteiger partial charge in [-0.3, -0.25) is 8.99 Å². The average molecular weight is 396 g/mol. The van der Waals surface area contributed by atoms with Crippen LogP contribution in [0.25, 0.3) is 11.1 Å². The Kier molecular flexibility index (Phi) is 4.54. The van der Waals surface area contributed by atoms with Gasteiger partial charge in [0, 0.05) is 25.4 Å². The Hall–Kier alpha value is -2.60. The fraction of sp³-hybridized carbons (Fsp3) is 0.318. The lowest BCUT2D eigenvalue weighted by atomic mass is 9.91. The smallest absolute Gasteiger partial charge is 0.264 e. The first kappa shape index (κ1) is 18.7. The second kappa shape index (κ2) is 6.78. The van der Waals surface area contributed by atoms with Crippen LogP contribution in [0.3, 0.4) is 0 Å². The second-order valence-corrected chi connectivity index (χ2v) is 9.49. The van der Waals surface area contributed by atoms with Crippen LogP contribution >= 0.6 is 0 Å². The molecule has 0 saturated carbocycles. The van der Waals surface area contributed by atoms with Crippen LogP contribution < -0.4 is 4.31 Å². The summed E-state index contributed by atoms with van der Waals surface area (Å²) in [5, 5.41) is 4.20. The van der Waals surface area contributed by atoms with Crippen molar-refractivity contribution in [3.63, 3.8) is 0 Å². The van der Waals surface area contributed by atoms with Crippen LogP contribution in [-0.4, -0.2) is 24.7 Å². The number of hydrogen-bond acceptors (Lipinski definition) is 3. The van der Waals surface area contributed by atoms with Gasteiger partial charge in [-0.15, -0.1) is 0 Å². The summed E-state index contributed by atoms with van der Waals surface area (Å²) in [6.07, 6.45) is 4.46. The minimum Gasteiger partial charge on any atom is -0.275 e. The zero-order valence-corrected chi connectivity index (χ0v) is 17.5. The zero-order valence-electron chi connectivity index (χ0n) is 16.7. The van der Waals surface area contributed by atoms with Crippen LogP contribution in [0.5, 0.6) is 0 Å². The maximum Gasteiger partial charge on any atom is 0.264 e. The van der Waals surface area contributed by atoms with E-state index in [1.54, 1.807) is 21.3 Å². The number of aromatic nitrogens is 2. The molecule has 0 unspecified atom stereocenters. The molecule has 0 bridgehead atoms. The SMILES string of the molecule is Cc1ccc(-c2cnn(C)c2)cc1S(=O)(=O)N1CC[C@H](C)c2cccc(C)c21. The highest BCUT2D eigenvalue weighted by Gasteiger charge is 2.33. The zero-order chi connectivity index (χ0) is 20.1. The van der Waals surface area contributed by atoms with Crippen LogP contribution in [0.4, 0.5) is 5.69 Å². The highest BCUT2D eigenvalue weighted by atomic mass is 32.2. The summed E-state index contributed by atoms with van der Waals surface area (Å²) in [5.41, 5.74) is 5.45. The molecule has 1 aromatic heterocycles. The molecule has 3 aromatic rings. The van der Waals surface area contributed by atoms with Gasteiger partial charge in [0.1, 0.15) is 0 Å². The quantitative estimate of drug-likeness (QED) is 0.660. The minimum atomic E-state index is -3.67. The molecule has 1 aliphatic rings. The molecule has 0 fully saturated rings. The Balaban J connectivity index is 1.85. The Labute approximate surface area is 166 Å². The molecule has 28 heavy (non-hydrogen) atoms. The molecule has 0 radical (unpaired) electrons. The van der Waals surface area contributed by atoms with Crippen molar-refractivity contribution >= 4 is 15.7 Å². The van der Waals surface area contributed by atoms with E-state index in [1.165, 1.54) is 0 Å². The topological polar surface area (TPSA) is 55.2 Å². The molecule has 0 aliphatic carbocycles. The van der Waals surface area contributed by atoms with E-state index in [9.17, 15) is 8.42 Å². The number of aryl methyl sites for hydroxylation is 3. The van der Waals surface area contributed by atoms with Gasteiger partial charge in [0.05, 0.1) is 16.8 Å². The van der Waals surface area contributed by atoms with Gasteiger partial charge >= 0.3 is 0 Å². The molecule has 146 valence electrons. The third kappa shape index (κ3) is 3.02. The summed E-state index contributed by atoms with van der Waals surface area (Å²) >= 11 is 0. The van der Waals surface area contributed by atoms with Gasteiger partial charge in [0.15, 0.2) is 0 Å². The lowest BCUT2D eigenvalue weighted by Crippen LogP contribution is -2.37. The van der Waals surface area contributed by atoms with E-state index in [0.717, 1.165) is 39.9 Å². The van der Waals surface area contributed by atoms with Crippen molar-refractivity contribution in [2.75, 3.05) is 10.8 Å². The molecule has 0 saturated heterocycles. The summed E-state index contributed by atoms with van der Waals surface area (Å²) < 4.78 is 30.8. The van der Waals surface area contributed by atoms with Crippen LogP contribution in [-0.2, 0) is 17.1 Å². The van der Waals surface area contributed by atoms with Gasteiger partial charge in [-0.1, -0.05) is 37.3 Å². The molecule has 1 aliphatic heterocycles. The van der Waals surface area contributed by atoms with Gasteiger partial charge in [0.25, 0.3) is 10.0 Å². The lowest BCUT2D eigenvalue weighted by Gasteiger charge is -2.35. The van der Waals surface area contributed by atoms with E-state index < -0.39 is 10.0 Å². The van der Waals surface area contributed by atoms with Crippen molar-refractivity contribution in [1.29, 1.82) is 0 Å². The summed E-state index contributed by atoms with van der Waals surface area (Å²) in [4.78, 5) is 0.359. The molecule has 1 atom stereocenters. The van der Waals surface area contributed by atoms with E-state index >= 15 is 0 Å². The molecule has 0 spiro atoms. The molecule has 4 rings (SSSR count). The molecule has 6 heteroatoms. The predicted molar refractivity (Wildman–Crippen MR) is 112 cm³/mol. The normalized spacial score (nSPS) is 16.9. The Morgan fingerprint density at radius 3 is 2.57 bits per heavy atom. The second-order valence-electron chi connectivity index (χ2n) is 7.66. The van der Waals surface area contributed by atoms with E-state index in [4.69, 9.17) is 0 Å². The standard InChI is InChI=1S/C22H25N3O2S/c1-15-10-11-25(22-17(3)6-5-7-20(15)22)28(26,27)21-12-18(9-8-16(21)2)19-13-23-24(4)14-19/h5-9,12-15H,10-11H2,1-4H3/t15-/m0/s1. The fourth-order valence-electron chi connectivity index (χ4n) is 3.99. The number of rotatable bonds is 3. The third-order valence-corrected chi connectivity index (χ3v) is 7.55. The summed E-state index contributed by atoms with van der Waals surface area (Å²) in [6, 6.07) is 11.6. The van der Waals surface area contributed by atoms with E-state index in [-0.39, 0.29) is 0 Å². The number of sulfonamides is 1. The van der Waals surface area contributed by atoms with Crippen LogP contribution in [0.1, 0.15) is 36.0 Å². The van der Waals surface area contributed by atoms with Gasteiger partial charge in [-0.25, -0.2) is 8.42 Å². The van der Waals surface area contributed by atoms with Gasteiger partial charge in [-0.05, 0) is 54.5 Å². The molecule has 5 nitrogen and oxygen atoms in total. The number of hydrogen-bond donors (Lipinski definition) is 0. The van der Waals surface area contributed by atoms with Crippen molar-refractivity contribution in [2.45, 2.75) is 38.0 Å². The van der Waals surface area contributed by atoms with Gasteiger partial charge in [0.2, 0.25) is 0 Å². The summed E-state index contributed by atoms with van der Waals surface area (Å²) in [6.45, 7) is 6.50. The number of para-hydroxylation sites is 1. The number of anilines is 1. The highest BCUT2D eigenvalue weighted by Crippen LogP contribution is 2.40. The van der Waals surface area contributed by atoms with E-state index in [2.05, 4.69) is 12.0 Å². The molecular formula is C22H25N3O2S. The average Bonchev–Trinajstić information content (AvgIpc) is 3.09. The first-order valence-electron chi connectivity index (χ1n) is 9.51. The van der Waals surface area contributed by atoms with Crippen molar-refractivity contribution in [3.05, 3.63) is 65.5 Å². The maximum absolute atomic E-state index is 13.7. The third-order valence-electron chi connectivity index (χ3n) is 5.61. The van der Waals surface area contributed by atoms with Crippen LogP contribution in [0, 0.1) is 13.8 Å². The summed E-state index contributed by atoms with van der Waals surface area (Å²) in [5.74, 6) is 0.351. The summed E-state index contributed by atoms with van der Waals surface area (Å²) in [7, 11) is -1.82. The number of benzene rings is 2. The van der Waals surface area contributed by atoms with Crippen molar-refractivity contribution in [3.8, 4) is 11.1 Å². The number of fused-ring (bicyclic) bond motifs is 1. The van der Waals surface area contributed by atoms with Crippen molar-refractivity contribution < 1.29 is 8.42 Å². The molecule has 0 N–H and O–H groups in total. The van der Waals surface area contributed by atoms with Crippen LogP contribution in [0.15, 0.2) is 53.7 Å². The fourth-order valence-corrected chi connectivity index (χ4v) is 5.81. The van der Waals surface area contributed by atoms with E-state index in [1.807, 2.05) is 57.4 Å². The van der Waals surface area contributed by atoms with Crippen LogP contribution in [0.2, 0.25) is 0 Å². The Bertz CT molecular complexity index is 1150. The Morgan fingerprint density at radius 2 is 1.86 bits per heavy atom. The monoisotopic (exact) mass is 395 g/mol. The first-order chi connectivity index (χ1) is 13.3.